The van der Waals surface area contributed by atoms with Gasteiger partial charge in [0, 0.05) is 33.2 Å². The van der Waals surface area contributed by atoms with Crippen molar-refractivity contribution in [3.05, 3.63) is 22.4 Å². The number of aliphatic hydroxyl groups is 1. The predicted molar refractivity (Wildman–Crippen MR) is 78.7 cm³/mol. The van der Waals surface area contributed by atoms with E-state index in [0.717, 1.165) is 13.1 Å². The molecule has 114 valence electrons. The second-order valence-electron chi connectivity index (χ2n) is 5.56. The van der Waals surface area contributed by atoms with Gasteiger partial charge in [0.1, 0.15) is 12.1 Å². The topological polar surface area (TPSA) is 64.1 Å². The number of fused-ring (bicyclic) bond motifs is 1. The second-order valence-corrected chi connectivity index (χ2v) is 6.34. The highest BCUT2D eigenvalue weighted by atomic mass is 32.1. The Bertz CT molecular complexity index is 534. The van der Waals surface area contributed by atoms with Crippen molar-refractivity contribution in [2.45, 2.75) is 18.6 Å². The van der Waals surface area contributed by atoms with Crippen molar-refractivity contribution in [3.63, 3.8) is 0 Å². The molecule has 0 bridgehead atoms. The van der Waals surface area contributed by atoms with Gasteiger partial charge in [-0.1, -0.05) is 0 Å². The minimum Gasteiger partial charge on any atom is -0.394 e. The highest BCUT2D eigenvalue weighted by molar-refractivity contribution is 7.07. The van der Waals surface area contributed by atoms with Gasteiger partial charge in [-0.25, -0.2) is 0 Å². The van der Waals surface area contributed by atoms with E-state index in [4.69, 9.17) is 0 Å². The highest BCUT2D eigenvalue weighted by Crippen LogP contribution is 2.22. The van der Waals surface area contributed by atoms with Crippen LogP contribution in [0.15, 0.2) is 16.8 Å². The molecule has 2 aliphatic heterocycles. The molecule has 2 atom stereocenters. The van der Waals surface area contributed by atoms with Crippen molar-refractivity contribution in [1.82, 2.24) is 14.7 Å². The van der Waals surface area contributed by atoms with Gasteiger partial charge in [-0.3, -0.25) is 14.5 Å². The largest absolute Gasteiger partial charge is 0.394 e. The van der Waals surface area contributed by atoms with Crippen molar-refractivity contribution >= 4 is 23.2 Å². The van der Waals surface area contributed by atoms with Crippen LogP contribution in [0, 0.1) is 0 Å². The van der Waals surface area contributed by atoms with E-state index in [1.807, 2.05) is 5.38 Å². The molecule has 2 amide bonds. The number of amides is 2. The summed E-state index contributed by atoms with van der Waals surface area (Å²) in [5, 5.41) is 13.5. The van der Waals surface area contributed by atoms with E-state index in [9.17, 15) is 14.7 Å². The Balaban J connectivity index is 1.73. The molecule has 7 heteroatoms. The summed E-state index contributed by atoms with van der Waals surface area (Å²) in [7, 11) is 1.59. The van der Waals surface area contributed by atoms with Crippen LogP contribution in [0.1, 0.15) is 5.56 Å². The summed E-state index contributed by atoms with van der Waals surface area (Å²) in [6, 6.07) is 0.938. The van der Waals surface area contributed by atoms with Gasteiger partial charge in [-0.05, 0) is 22.4 Å². The van der Waals surface area contributed by atoms with Crippen LogP contribution in [-0.2, 0) is 16.1 Å². The molecule has 6 nitrogen and oxygen atoms in total. The number of rotatable bonds is 3. The molecule has 2 saturated heterocycles. The van der Waals surface area contributed by atoms with Crippen LogP contribution in [0.3, 0.4) is 0 Å². The van der Waals surface area contributed by atoms with Crippen molar-refractivity contribution < 1.29 is 14.7 Å². The number of carbonyl (C=O) groups excluding carboxylic acids is 2. The minimum atomic E-state index is -0.725. The first-order valence-corrected chi connectivity index (χ1v) is 7.97. The molecular formula is C14H19N3O3S. The number of hydrogen-bond acceptors (Lipinski definition) is 5. The Morgan fingerprint density at radius 1 is 1.33 bits per heavy atom. The smallest absolute Gasteiger partial charge is 0.248 e. The number of aliphatic hydroxyl groups excluding tert-OH is 1. The first-order valence-electron chi connectivity index (χ1n) is 7.03. The lowest BCUT2D eigenvalue weighted by molar-refractivity contribution is -0.165. The summed E-state index contributed by atoms with van der Waals surface area (Å²) in [5.41, 5.74) is 1.24. The maximum absolute atomic E-state index is 12.4. The summed E-state index contributed by atoms with van der Waals surface area (Å²) >= 11 is 1.66. The summed E-state index contributed by atoms with van der Waals surface area (Å²) in [6.07, 6.45) is 0. The van der Waals surface area contributed by atoms with Gasteiger partial charge in [0.05, 0.1) is 6.61 Å². The number of nitrogens with zero attached hydrogens (tertiary/aromatic N) is 3. The zero-order valence-corrected chi connectivity index (χ0v) is 12.8. The molecular weight excluding hydrogens is 290 g/mol. The fraction of sp³-hybridized carbons (Fsp3) is 0.571. The van der Waals surface area contributed by atoms with Crippen LogP contribution < -0.4 is 0 Å². The lowest BCUT2D eigenvalue weighted by atomic mass is 10.0. The summed E-state index contributed by atoms with van der Waals surface area (Å²) in [5.74, 6) is -0.219. The number of likely N-dealkylation sites (N-methyl/N-ethyl adjacent to an activating group) is 1. The SMILES string of the molecule is CN1C(=O)[C@H]2CN(Cc3ccsc3)CCN2C(=O)[C@@H]1CO. The fourth-order valence-corrected chi connectivity index (χ4v) is 3.71. The molecule has 1 aromatic rings. The summed E-state index contributed by atoms with van der Waals surface area (Å²) < 4.78 is 0. The molecule has 0 aromatic carbocycles. The maximum atomic E-state index is 12.4. The van der Waals surface area contributed by atoms with Crippen molar-refractivity contribution in [3.8, 4) is 0 Å². The molecule has 3 heterocycles. The van der Waals surface area contributed by atoms with Gasteiger partial charge < -0.3 is 14.9 Å². The Kier molecular flexibility index (Phi) is 3.97. The van der Waals surface area contributed by atoms with Crippen LogP contribution in [0.4, 0.5) is 0 Å². The van der Waals surface area contributed by atoms with Crippen molar-refractivity contribution in [2.75, 3.05) is 33.3 Å². The molecule has 2 fully saturated rings. The molecule has 0 saturated carbocycles. The minimum absolute atomic E-state index is 0.0799. The highest BCUT2D eigenvalue weighted by Gasteiger charge is 2.46. The molecule has 21 heavy (non-hydrogen) atoms. The molecule has 0 aliphatic carbocycles. The van der Waals surface area contributed by atoms with Crippen molar-refractivity contribution in [1.29, 1.82) is 0 Å². The van der Waals surface area contributed by atoms with Crippen LogP contribution >= 0.6 is 11.3 Å². The average Bonchev–Trinajstić information content (AvgIpc) is 2.98. The molecule has 0 unspecified atom stereocenters. The van der Waals surface area contributed by atoms with E-state index in [1.54, 1.807) is 23.3 Å². The Labute approximate surface area is 127 Å². The average molecular weight is 309 g/mol. The third-order valence-electron chi connectivity index (χ3n) is 4.29. The van der Waals surface area contributed by atoms with Gasteiger partial charge in [0.15, 0.2) is 0 Å². The molecule has 3 rings (SSSR count). The second kappa shape index (κ2) is 5.75. The molecule has 0 spiro atoms. The third kappa shape index (κ3) is 2.56. The molecule has 0 radical (unpaired) electrons. The number of piperazine rings is 2. The quantitative estimate of drug-likeness (QED) is 0.825. The Hall–Kier alpha value is -1.44. The van der Waals surface area contributed by atoms with Gasteiger partial charge in [-0.2, -0.15) is 11.3 Å². The summed E-state index contributed by atoms with van der Waals surface area (Å²) in [4.78, 5) is 30.0. The van der Waals surface area contributed by atoms with Crippen LogP contribution in [0.5, 0.6) is 0 Å². The lowest BCUT2D eigenvalue weighted by Gasteiger charge is -2.47. The maximum Gasteiger partial charge on any atom is 0.248 e. The fourth-order valence-electron chi connectivity index (χ4n) is 3.05. The molecule has 1 aromatic heterocycles. The number of carbonyl (C=O) groups is 2. The van der Waals surface area contributed by atoms with Crippen LogP contribution in [0.25, 0.3) is 0 Å². The van der Waals surface area contributed by atoms with E-state index < -0.39 is 12.1 Å². The van der Waals surface area contributed by atoms with E-state index in [1.165, 1.54) is 10.5 Å². The third-order valence-corrected chi connectivity index (χ3v) is 5.02. The lowest BCUT2D eigenvalue weighted by Crippen LogP contribution is -2.69. The van der Waals surface area contributed by atoms with Crippen LogP contribution in [-0.4, -0.2) is 77.0 Å². The Morgan fingerprint density at radius 2 is 2.14 bits per heavy atom. The van der Waals surface area contributed by atoms with E-state index in [2.05, 4.69) is 16.3 Å². The molecule has 2 aliphatic rings. The van der Waals surface area contributed by atoms with Gasteiger partial charge in [0.25, 0.3) is 0 Å². The first kappa shape index (κ1) is 14.5. The van der Waals surface area contributed by atoms with E-state index >= 15 is 0 Å². The van der Waals surface area contributed by atoms with E-state index in [-0.39, 0.29) is 18.4 Å². The Morgan fingerprint density at radius 3 is 2.81 bits per heavy atom. The number of thiophene rings is 1. The van der Waals surface area contributed by atoms with Crippen LogP contribution in [0.2, 0.25) is 0 Å². The van der Waals surface area contributed by atoms with Gasteiger partial charge >= 0.3 is 0 Å². The normalized spacial score (nSPS) is 27.1. The van der Waals surface area contributed by atoms with Crippen molar-refractivity contribution in [2.24, 2.45) is 0 Å². The zero-order valence-electron chi connectivity index (χ0n) is 11.9. The predicted octanol–water partition coefficient (Wildman–Crippen LogP) is -0.406. The summed E-state index contributed by atoms with van der Waals surface area (Å²) in [6.45, 7) is 2.35. The molecule has 1 N–H and O–H groups in total. The monoisotopic (exact) mass is 309 g/mol. The van der Waals surface area contributed by atoms with Gasteiger partial charge in [-0.15, -0.1) is 0 Å². The number of hydrogen-bond donors (Lipinski definition) is 1. The zero-order chi connectivity index (χ0) is 15.0. The van der Waals surface area contributed by atoms with E-state index in [0.29, 0.717) is 13.1 Å². The van der Waals surface area contributed by atoms with Gasteiger partial charge in [0.2, 0.25) is 11.8 Å². The first-order chi connectivity index (χ1) is 10.1. The standard InChI is InChI=1S/C14H19N3O3S/c1-15-12(8-18)14(20)17-4-3-16(7-11(17)13(15)19)6-10-2-5-21-9-10/h2,5,9,11-12,18H,3-4,6-8H2,1H3/t11-,12+/m1/s1.